The Hall–Kier alpha value is -3.10. The summed E-state index contributed by atoms with van der Waals surface area (Å²) in [5.41, 5.74) is 1.99. The van der Waals surface area contributed by atoms with Crippen molar-refractivity contribution in [3.8, 4) is 5.75 Å². The molecule has 3 aromatic rings. The molecule has 0 aliphatic rings. The molecule has 0 saturated carbocycles. The molecule has 0 fully saturated rings. The Morgan fingerprint density at radius 2 is 1.87 bits per heavy atom. The van der Waals surface area contributed by atoms with Crippen LogP contribution in [-0.4, -0.2) is 32.3 Å². The van der Waals surface area contributed by atoms with E-state index in [9.17, 15) is 13.2 Å². The fourth-order valence-corrected chi connectivity index (χ4v) is 4.19. The van der Waals surface area contributed by atoms with Crippen molar-refractivity contribution in [3.05, 3.63) is 83.3 Å². The van der Waals surface area contributed by atoms with Crippen LogP contribution in [0.1, 0.15) is 34.2 Å². The van der Waals surface area contributed by atoms with Gasteiger partial charge in [-0.2, -0.15) is 4.31 Å². The molecule has 0 radical (unpaired) electrons. The molecule has 1 aromatic heterocycles. The largest absolute Gasteiger partial charge is 0.494 e. The molecule has 8 heteroatoms. The molecule has 3 rings (SSSR count). The summed E-state index contributed by atoms with van der Waals surface area (Å²) in [6, 6.07) is 15.2. The molecule has 1 N–H and O–H groups in total. The van der Waals surface area contributed by atoms with E-state index in [4.69, 9.17) is 9.15 Å². The lowest BCUT2D eigenvalue weighted by Gasteiger charge is -2.20. The van der Waals surface area contributed by atoms with Crippen molar-refractivity contribution in [2.45, 2.75) is 31.8 Å². The molecule has 0 aliphatic carbocycles. The lowest BCUT2D eigenvalue weighted by molar-refractivity contribution is 0.0948. The predicted octanol–water partition coefficient (Wildman–Crippen LogP) is 3.74. The summed E-state index contributed by atoms with van der Waals surface area (Å²) < 4.78 is 38.1. The van der Waals surface area contributed by atoms with E-state index < -0.39 is 10.0 Å². The molecule has 0 saturated heterocycles. The maximum atomic E-state index is 13.0. The lowest BCUT2D eigenvalue weighted by atomic mass is 10.1. The van der Waals surface area contributed by atoms with Gasteiger partial charge in [0.25, 0.3) is 5.91 Å². The number of amides is 1. The number of aryl methyl sites for hydroxylation is 1. The van der Waals surface area contributed by atoms with Crippen LogP contribution in [-0.2, 0) is 23.1 Å². The van der Waals surface area contributed by atoms with Gasteiger partial charge in [0, 0.05) is 24.7 Å². The van der Waals surface area contributed by atoms with Crippen LogP contribution in [0.2, 0.25) is 0 Å². The van der Waals surface area contributed by atoms with Crippen molar-refractivity contribution < 1.29 is 22.4 Å². The molecule has 0 spiro atoms. The van der Waals surface area contributed by atoms with E-state index in [0.717, 1.165) is 5.56 Å². The zero-order valence-corrected chi connectivity index (χ0v) is 18.6. The first-order valence-corrected chi connectivity index (χ1v) is 11.3. The Kier molecular flexibility index (Phi) is 7.14. The quantitative estimate of drug-likeness (QED) is 0.545. The van der Waals surface area contributed by atoms with E-state index >= 15 is 0 Å². The minimum atomic E-state index is -3.69. The normalized spacial score (nSPS) is 11.5. The first-order chi connectivity index (χ1) is 14.8. The van der Waals surface area contributed by atoms with Crippen molar-refractivity contribution in [1.82, 2.24) is 9.62 Å². The number of nitrogens with one attached hydrogen (secondary N) is 1. The lowest BCUT2D eigenvalue weighted by Crippen LogP contribution is -2.27. The van der Waals surface area contributed by atoms with Gasteiger partial charge in [0.1, 0.15) is 11.5 Å². The van der Waals surface area contributed by atoms with Gasteiger partial charge in [0.05, 0.1) is 24.3 Å². The summed E-state index contributed by atoms with van der Waals surface area (Å²) in [5.74, 6) is 0.893. The van der Waals surface area contributed by atoms with Gasteiger partial charge in [-0.3, -0.25) is 4.79 Å². The zero-order valence-electron chi connectivity index (χ0n) is 17.8. The van der Waals surface area contributed by atoms with E-state index in [1.54, 1.807) is 60.9 Å². The maximum absolute atomic E-state index is 13.0. The summed E-state index contributed by atoms with van der Waals surface area (Å²) in [7, 11) is -2.19. The molecule has 164 valence electrons. The number of furan rings is 1. The second-order valence-electron chi connectivity index (χ2n) is 7.09. The van der Waals surface area contributed by atoms with Gasteiger partial charge in [-0.15, -0.1) is 0 Å². The molecule has 0 aliphatic heterocycles. The summed E-state index contributed by atoms with van der Waals surface area (Å²) in [5, 5.41) is 2.79. The van der Waals surface area contributed by atoms with Crippen LogP contribution in [0.25, 0.3) is 0 Å². The highest BCUT2D eigenvalue weighted by molar-refractivity contribution is 7.89. The third kappa shape index (κ3) is 5.53. The van der Waals surface area contributed by atoms with E-state index in [0.29, 0.717) is 29.2 Å². The molecular formula is C23H26N2O5S. The first-order valence-electron chi connectivity index (χ1n) is 9.90. The van der Waals surface area contributed by atoms with Crippen LogP contribution >= 0.6 is 0 Å². The van der Waals surface area contributed by atoms with Gasteiger partial charge in [0.2, 0.25) is 10.0 Å². The van der Waals surface area contributed by atoms with Gasteiger partial charge < -0.3 is 14.5 Å². The molecule has 0 bridgehead atoms. The van der Waals surface area contributed by atoms with Crippen molar-refractivity contribution >= 4 is 15.9 Å². The number of hydrogen-bond donors (Lipinski definition) is 1. The first kappa shape index (κ1) is 22.6. The molecule has 31 heavy (non-hydrogen) atoms. The van der Waals surface area contributed by atoms with Crippen LogP contribution in [0.4, 0.5) is 0 Å². The number of hydrogen-bond acceptors (Lipinski definition) is 5. The highest BCUT2D eigenvalue weighted by Crippen LogP contribution is 2.25. The highest BCUT2D eigenvalue weighted by Gasteiger charge is 2.22. The molecular weight excluding hydrogens is 416 g/mol. The van der Waals surface area contributed by atoms with Gasteiger partial charge in [-0.25, -0.2) is 8.42 Å². The molecule has 1 amide bonds. The Morgan fingerprint density at radius 1 is 1.13 bits per heavy atom. The zero-order chi connectivity index (χ0) is 22.4. The predicted molar refractivity (Wildman–Crippen MR) is 117 cm³/mol. The molecule has 7 nitrogen and oxygen atoms in total. The molecule has 2 aromatic carbocycles. The third-order valence-electron chi connectivity index (χ3n) is 4.75. The Morgan fingerprint density at radius 3 is 2.52 bits per heavy atom. The number of sulfonamides is 1. The SMILES string of the molecule is CCOc1ccc(C(=O)NCc2ccco2)cc1CN(C)S(=O)(=O)c1ccc(C)cc1. The van der Waals surface area contributed by atoms with Crippen LogP contribution < -0.4 is 10.1 Å². The minimum Gasteiger partial charge on any atom is -0.494 e. The maximum Gasteiger partial charge on any atom is 0.251 e. The van der Waals surface area contributed by atoms with Crippen molar-refractivity contribution in [2.24, 2.45) is 0 Å². The number of benzene rings is 2. The topological polar surface area (TPSA) is 88.8 Å². The number of carbonyl (C=O) groups excluding carboxylic acids is 1. The summed E-state index contributed by atoms with van der Waals surface area (Å²) >= 11 is 0. The van der Waals surface area contributed by atoms with Crippen LogP contribution in [0, 0.1) is 6.92 Å². The third-order valence-corrected chi connectivity index (χ3v) is 6.57. The average Bonchev–Trinajstić information content (AvgIpc) is 3.27. The second kappa shape index (κ2) is 9.80. The summed E-state index contributed by atoms with van der Waals surface area (Å²) in [6.45, 7) is 4.49. The van der Waals surface area contributed by atoms with Gasteiger partial charge >= 0.3 is 0 Å². The van der Waals surface area contributed by atoms with Gasteiger partial charge in [-0.1, -0.05) is 17.7 Å². The fraction of sp³-hybridized carbons (Fsp3) is 0.261. The van der Waals surface area contributed by atoms with Gasteiger partial charge in [0.15, 0.2) is 0 Å². The highest BCUT2D eigenvalue weighted by atomic mass is 32.2. The van der Waals surface area contributed by atoms with E-state index in [1.807, 2.05) is 13.8 Å². The summed E-state index contributed by atoms with van der Waals surface area (Å²) in [6.07, 6.45) is 1.54. The molecule has 0 atom stereocenters. The van der Waals surface area contributed by atoms with Crippen molar-refractivity contribution in [1.29, 1.82) is 0 Å². The minimum absolute atomic E-state index is 0.0604. The van der Waals surface area contributed by atoms with Crippen LogP contribution in [0.15, 0.2) is 70.2 Å². The Bertz CT molecular complexity index is 1120. The van der Waals surface area contributed by atoms with E-state index in [2.05, 4.69) is 5.32 Å². The standard InChI is InChI=1S/C23H26N2O5S/c1-4-29-22-12-9-18(23(26)24-15-20-6-5-13-30-20)14-19(22)16-25(3)31(27,28)21-10-7-17(2)8-11-21/h5-14H,4,15-16H2,1-3H3,(H,24,26). The van der Waals surface area contributed by atoms with Crippen molar-refractivity contribution in [2.75, 3.05) is 13.7 Å². The number of carbonyl (C=O) groups is 1. The number of ether oxygens (including phenoxy) is 1. The number of nitrogens with zero attached hydrogens (tertiary/aromatic N) is 1. The fourth-order valence-electron chi connectivity index (χ4n) is 3.04. The smallest absolute Gasteiger partial charge is 0.251 e. The average molecular weight is 443 g/mol. The Labute approximate surface area is 182 Å². The Balaban J connectivity index is 1.81. The van der Waals surface area contributed by atoms with Crippen LogP contribution in [0.3, 0.4) is 0 Å². The molecule has 0 unspecified atom stereocenters. The molecule has 1 heterocycles. The monoisotopic (exact) mass is 442 g/mol. The van der Waals surface area contributed by atoms with Crippen molar-refractivity contribution in [3.63, 3.8) is 0 Å². The second-order valence-corrected chi connectivity index (χ2v) is 9.14. The van der Waals surface area contributed by atoms with Crippen LogP contribution in [0.5, 0.6) is 5.75 Å². The number of rotatable bonds is 9. The van der Waals surface area contributed by atoms with E-state index in [-0.39, 0.29) is 23.9 Å². The summed E-state index contributed by atoms with van der Waals surface area (Å²) in [4.78, 5) is 12.8. The van der Waals surface area contributed by atoms with E-state index in [1.165, 1.54) is 11.4 Å². The van der Waals surface area contributed by atoms with Gasteiger partial charge in [-0.05, 0) is 56.3 Å².